The van der Waals surface area contributed by atoms with E-state index in [1.165, 1.54) is 24.6 Å². The smallest absolute Gasteiger partial charge is 0.260 e. The summed E-state index contributed by atoms with van der Waals surface area (Å²) < 4.78 is 13.7. The van der Waals surface area contributed by atoms with Crippen LogP contribution in [0.2, 0.25) is 0 Å². The maximum absolute atomic E-state index is 13.7. The number of rotatable bonds is 4. The van der Waals surface area contributed by atoms with Crippen LogP contribution in [0.4, 0.5) is 10.1 Å². The average molecular weight is 399 g/mol. The van der Waals surface area contributed by atoms with Crippen LogP contribution in [-0.4, -0.2) is 23.0 Å². The molecule has 2 amide bonds. The number of anilines is 1. The quantitative estimate of drug-likeness (QED) is 0.680. The molecule has 0 unspecified atom stereocenters. The van der Waals surface area contributed by atoms with Gasteiger partial charge in [0.05, 0.1) is 5.56 Å². The number of carbonyl (C=O) groups is 2. The molecule has 1 aliphatic carbocycles. The predicted octanol–water partition coefficient (Wildman–Crippen LogP) is 4.02. The summed E-state index contributed by atoms with van der Waals surface area (Å²) >= 11 is 5.13. The third kappa shape index (κ3) is 5.36. The third-order valence-electron chi connectivity index (χ3n) is 4.67. The first-order valence-corrected chi connectivity index (χ1v) is 9.71. The van der Waals surface area contributed by atoms with E-state index in [2.05, 4.69) is 16.0 Å². The van der Waals surface area contributed by atoms with Crippen LogP contribution in [-0.2, 0) is 0 Å². The highest BCUT2D eigenvalue weighted by molar-refractivity contribution is 7.80. The largest absolute Gasteiger partial charge is 0.349 e. The molecule has 0 saturated heterocycles. The van der Waals surface area contributed by atoms with E-state index in [0.29, 0.717) is 11.3 Å². The lowest BCUT2D eigenvalue weighted by atomic mass is 9.95. The highest BCUT2D eigenvalue weighted by Crippen LogP contribution is 2.18. The summed E-state index contributed by atoms with van der Waals surface area (Å²) in [5, 5.41) is 8.39. The van der Waals surface area contributed by atoms with E-state index in [-0.39, 0.29) is 22.6 Å². The molecular formula is C21H22FN3O2S. The van der Waals surface area contributed by atoms with Crippen LogP contribution in [0.3, 0.4) is 0 Å². The van der Waals surface area contributed by atoms with Gasteiger partial charge in [-0.1, -0.05) is 37.5 Å². The van der Waals surface area contributed by atoms with E-state index in [1.807, 2.05) is 0 Å². The number of thiocarbonyl (C=S) groups is 1. The van der Waals surface area contributed by atoms with Gasteiger partial charge in [0.2, 0.25) is 0 Å². The van der Waals surface area contributed by atoms with Gasteiger partial charge in [-0.05, 0) is 55.4 Å². The fourth-order valence-electron chi connectivity index (χ4n) is 3.23. The number of halogens is 1. The monoisotopic (exact) mass is 399 g/mol. The van der Waals surface area contributed by atoms with Crippen LogP contribution in [0.1, 0.15) is 52.8 Å². The Morgan fingerprint density at radius 3 is 2.46 bits per heavy atom. The molecule has 146 valence electrons. The summed E-state index contributed by atoms with van der Waals surface area (Å²) in [6, 6.07) is 12.8. The van der Waals surface area contributed by atoms with Gasteiger partial charge < -0.3 is 10.6 Å². The number of hydrogen-bond acceptors (Lipinski definition) is 3. The number of hydrogen-bond donors (Lipinski definition) is 3. The van der Waals surface area contributed by atoms with E-state index >= 15 is 0 Å². The number of carbonyl (C=O) groups excluding carboxylic acids is 2. The molecule has 2 aromatic rings. The van der Waals surface area contributed by atoms with Gasteiger partial charge in [0.15, 0.2) is 5.11 Å². The molecule has 0 bridgehead atoms. The molecular weight excluding hydrogens is 377 g/mol. The fourth-order valence-corrected chi connectivity index (χ4v) is 3.44. The van der Waals surface area contributed by atoms with Crippen LogP contribution in [0, 0.1) is 5.82 Å². The lowest BCUT2D eigenvalue weighted by Crippen LogP contribution is -2.36. The molecule has 0 heterocycles. The highest BCUT2D eigenvalue weighted by Gasteiger charge is 2.17. The zero-order valence-corrected chi connectivity index (χ0v) is 16.2. The molecule has 1 aliphatic rings. The summed E-state index contributed by atoms with van der Waals surface area (Å²) in [5.41, 5.74) is 0.987. The van der Waals surface area contributed by atoms with Gasteiger partial charge in [-0.15, -0.1) is 0 Å². The van der Waals surface area contributed by atoms with Crippen molar-refractivity contribution in [2.75, 3.05) is 5.32 Å². The molecule has 0 aromatic heterocycles. The Bertz CT molecular complexity index is 881. The Morgan fingerprint density at radius 2 is 1.71 bits per heavy atom. The predicted molar refractivity (Wildman–Crippen MR) is 111 cm³/mol. The minimum atomic E-state index is -0.637. The van der Waals surface area contributed by atoms with Crippen LogP contribution >= 0.6 is 12.2 Å². The first-order chi connectivity index (χ1) is 13.5. The van der Waals surface area contributed by atoms with Crippen molar-refractivity contribution in [2.24, 2.45) is 0 Å². The van der Waals surface area contributed by atoms with E-state index in [4.69, 9.17) is 12.2 Å². The van der Waals surface area contributed by atoms with Crippen LogP contribution in [0.15, 0.2) is 48.5 Å². The highest BCUT2D eigenvalue weighted by atomic mass is 32.1. The van der Waals surface area contributed by atoms with E-state index in [0.717, 1.165) is 25.7 Å². The molecule has 0 atom stereocenters. The fraction of sp³-hybridized carbons (Fsp3) is 0.286. The van der Waals surface area contributed by atoms with E-state index in [9.17, 15) is 14.0 Å². The minimum absolute atomic E-state index is 0.0260. The van der Waals surface area contributed by atoms with Gasteiger partial charge in [0.25, 0.3) is 11.8 Å². The Kier molecular flexibility index (Phi) is 6.71. The maximum Gasteiger partial charge on any atom is 0.260 e. The van der Waals surface area contributed by atoms with Gasteiger partial charge in [-0.3, -0.25) is 14.9 Å². The summed E-state index contributed by atoms with van der Waals surface area (Å²) in [7, 11) is 0. The van der Waals surface area contributed by atoms with Gasteiger partial charge >= 0.3 is 0 Å². The molecule has 1 fully saturated rings. The molecule has 0 aliphatic heterocycles. The minimum Gasteiger partial charge on any atom is -0.349 e. The van der Waals surface area contributed by atoms with Gasteiger partial charge in [0.1, 0.15) is 5.82 Å². The maximum atomic E-state index is 13.7. The number of benzene rings is 2. The second kappa shape index (κ2) is 9.41. The van der Waals surface area contributed by atoms with Crippen LogP contribution in [0.25, 0.3) is 0 Å². The SMILES string of the molecule is O=C(NC1CCCCC1)c1cccc(NC(=S)NC(=O)c2ccccc2F)c1. The Labute approximate surface area is 168 Å². The van der Waals surface area contributed by atoms with Crippen molar-refractivity contribution in [1.29, 1.82) is 0 Å². The van der Waals surface area contributed by atoms with E-state index in [1.54, 1.807) is 30.3 Å². The van der Waals surface area contributed by atoms with Crippen LogP contribution in [0.5, 0.6) is 0 Å². The second-order valence-electron chi connectivity index (χ2n) is 6.78. The first kappa shape index (κ1) is 19.9. The standard InChI is InChI=1S/C21H22FN3O2S/c22-18-12-5-4-11-17(18)20(27)25-21(28)24-16-10-6-7-14(13-16)19(26)23-15-8-2-1-3-9-15/h4-7,10-13,15H,1-3,8-9H2,(H,23,26)(H2,24,25,27,28). The molecule has 7 heteroatoms. The number of amides is 2. The normalized spacial score (nSPS) is 14.2. The average Bonchev–Trinajstić information content (AvgIpc) is 2.69. The third-order valence-corrected chi connectivity index (χ3v) is 4.87. The summed E-state index contributed by atoms with van der Waals surface area (Å²) in [4.78, 5) is 24.6. The zero-order chi connectivity index (χ0) is 19.9. The van der Waals surface area contributed by atoms with Crippen molar-refractivity contribution in [3.05, 3.63) is 65.5 Å². The Balaban J connectivity index is 1.59. The Hall–Kier alpha value is -2.80. The summed E-state index contributed by atoms with van der Waals surface area (Å²) in [6.45, 7) is 0. The van der Waals surface area contributed by atoms with Crippen molar-refractivity contribution in [3.8, 4) is 0 Å². The van der Waals surface area contributed by atoms with Crippen molar-refractivity contribution in [3.63, 3.8) is 0 Å². The summed E-state index contributed by atoms with van der Waals surface area (Å²) in [5.74, 6) is -1.39. The molecule has 3 rings (SSSR count). The molecule has 5 nitrogen and oxygen atoms in total. The molecule has 1 saturated carbocycles. The van der Waals surface area contributed by atoms with Crippen molar-refractivity contribution in [2.45, 2.75) is 38.1 Å². The molecule has 3 N–H and O–H groups in total. The first-order valence-electron chi connectivity index (χ1n) is 9.31. The van der Waals surface area contributed by atoms with Gasteiger partial charge in [-0.25, -0.2) is 4.39 Å². The van der Waals surface area contributed by atoms with Crippen molar-refractivity contribution < 1.29 is 14.0 Å². The van der Waals surface area contributed by atoms with Gasteiger partial charge in [-0.2, -0.15) is 0 Å². The van der Waals surface area contributed by atoms with Crippen LogP contribution < -0.4 is 16.0 Å². The summed E-state index contributed by atoms with van der Waals surface area (Å²) in [6.07, 6.45) is 5.53. The lowest BCUT2D eigenvalue weighted by Gasteiger charge is -2.22. The molecule has 28 heavy (non-hydrogen) atoms. The topological polar surface area (TPSA) is 70.2 Å². The Morgan fingerprint density at radius 1 is 0.964 bits per heavy atom. The van der Waals surface area contributed by atoms with Crippen molar-refractivity contribution >= 4 is 34.8 Å². The van der Waals surface area contributed by atoms with Crippen molar-refractivity contribution in [1.82, 2.24) is 10.6 Å². The zero-order valence-electron chi connectivity index (χ0n) is 15.3. The van der Waals surface area contributed by atoms with E-state index < -0.39 is 11.7 Å². The second-order valence-corrected chi connectivity index (χ2v) is 7.19. The molecule has 0 radical (unpaired) electrons. The number of nitrogens with one attached hydrogen (secondary N) is 3. The molecule has 2 aromatic carbocycles. The van der Waals surface area contributed by atoms with Gasteiger partial charge in [0, 0.05) is 17.3 Å². The molecule has 0 spiro atoms. The lowest BCUT2D eigenvalue weighted by molar-refractivity contribution is 0.0926.